The molecule has 2 aliphatic rings. The largest absolute Gasteiger partial charge is 0.515 e. The molecule has 19 heavy (non-hydrogen) atoms. The first-order valence-electron chi connectivity index (χ1n) is 6.51. The SMILES string of the molecule is COC(C)OC(=O)OC1=CC(=O)NC12CCCCC2. The lowest BCUT2D eigenvalue weighted by Gasteiger charge is -2.34. The number of amides is 1. The molecule has 1 saturated carbocycles. The van der Waals surface area contributed by atoms with Gasteiger partial charge in [-0.05, 0) is 19.8 Å². The summed E-state index contributed by atoms with van der Waals surface area (Å²) in [4.78, 5) is 23.1. The Morgan fingerprint density at radius 1 is 1.37 bits per heavy atom. The first-order valence-corrected chi connectivity index (χ1v) is 6.51. The van der Waals surface area contributed by atoms with Crippen LogP contribution in [-0.2, 0) is 19.0 Å². The Labute approximate surface area is 112 Å². The monoisotopic (exact) mass is 269 g/mol. The average Bonchev–Trinajstić information content (AvgIpc) is 2.65. The van der Waals surface area contributed by atoms with Crippen molar-refractivity contribution in [1.82, 2.24) is 5.32 Å². The lowest BCUT2D eigenvalue weighted by Crippen LogP contribution is -2.47. The number of methoxy groups -OCH3 is 1. The van der Waals surface area contributed by atoms with Gasteiger partial charge in [0, 0.05) is 13.2 Å². The highest BCUT2D eigenvalue weighted by Crippen LogP contribution is 2.37. The summed E-state index contributed by atoms with van der Waals surface area (Å²) in [5, 5.41) is 2.90. The molecule has 0 saturated heterocycles. The summed E-state index contributed by atoms with van der Waals surface area (Å²) in [6.07, 6.45) is 4.53. The number of hydrogen-bond donors (Lipinski definition) is 1. The van der Waals surface area contributed by atoms with Crippen molar-refractivity contribution in [2.75, 3.05) is 7.11 Å². The molecule has 0 aromatic carbocycles. The Morgan fingerprint density at radius 2 is 2.05 bits per heavy atom. The Balaban J connectivity index is 2.02. The van der Waals surface area contributed by atoms with Gasteiger partial charge in [-0.25, -0.2) is 4.79 Å². The normalized spacial score (nSPS) is 22.6. The fourth-order valence-corrected chi connectivity index (χ4v) is 2.54. The number of carbonyl (C=O) groups is 2. The third kappa shape index (κ3) is 3.07. The number of rotatable bonds is 3. The van der Waals surface area contributed by atoms with E-state index < -0.39 is 18.0 Å². The molecule has 106 valence electrons. The summed E-state index contributed by atoms with van der Waals surface area (Å²) in [6, 6.07) is 0. The maximum Gasteiger partial charge on any atom is 0.515 e. The molecule has 1 aliphatic heterocycles. The summed E-state index contributed by atoms with van der Waals surface area (Å²) in [6.45, 7) is 1.59. The Morgan fingerprint density at radius 3 is 2.68 bits per heavy atom. The molecule has 1 N–H and O–H groups in total. The Hall–Kier alpha value is -1.56. The molecule has 1 fully saturated rings. The second-order valence-electron chi connectivity index (χ2n) is 4.91. The van der Waals surface area contributed by atoms with E-state index in [4.69, 9.17) is 14.2 Å². The first-order chi connectivity index (χ1) is 9.05. The second kappa shape index (κ2) is 5.61. The van der Waals surface area contributed by atoms with Crippen molar-refractivity contribution in [3.8, 4) is 0 Å². The molecule has 1 amide bonds. The van der Waals surface area contributed by atoms with Gasteiger partial charge < -0.3 is 19.5 Å². The Bertz CT molecular complexity index is 398. The molecule has 2 rings (SSSR count). The van der Waals surface area contributed by atoms with Crippen LogP contribution in [0, 0.1) is 0 Å². The summed E-state index contributed by atoms with van der Waals surface area (Å²) in [5.74, 6) is 0.148. The van der Waals surface area contributed by atoms with Crippen LogP contribution in [0.5, 0.6) is 0 Å². The van der Waals surface area contributed by atoms with E-state index in [-0.39, 0.29) is 5.91 Å². The summed E-state index contributed by atoms with van der Waals surface area (Å²) >= 11 is 0. The van der Waals surface area contributed by atoms with Gasteiger partial charge in [0.15, 0.2) is 0 Å². The molecule has 6 heteroatoms. The van der Waals surface area contributed by atoms with Gasteiger partial charge >= 0.3 is 6.16 Å². The van der Waals surface area contributed by atoms with Crippen molar-refractivity contribution in [2.45, 2.75) is 50.9 Å². The van der Waals surface area contributed by atoms with Crippen LogP contribution in [0.2, 0.25) is 0 Å². The lowest BCUT2D eigenvalue weighted by molar-refractivity contribution is -0.117. The van der Waals surface area contributed by atoms with Crippen molar-refractivity contribution >= 4 is 12.1 Å². The van der Waals surface area contributed by atoms with E-state index in [2.05, 4.69) is 5.32 Å². The molecular weight excluding hydrogens is 250 g/mol. The van der Waals surface area contributed by atoms with Gasteiger partial charge in [0.05, 0.1) is 5.54 Å². The van der Waals surface area contributed by atoms with Crippen molar-refractivity contribution in [1.29, 1.82) is 0 Å². The van der Waals surface area contributed by atoms with Crippen LogP contribution in [0.1, 0.15) is 39.0 Å². The van der Waals surface area contributed by atoms with Crippen LogP contribution in [0.15, 0.2) is 11.8 Å². The predicted octanol–water partition coefficient (Wildman–Crippen LogP) is 1.85. The van der Waals surface area contributed by atoms with Gasteiger partial charge in [0.2, 0.25) is 12.2 Å². The minimum atomic E-state index is -0.845. The van der Waals surface area contributed by atoms with Crippen LogP contribution in [0.25, 0.3) is 0 Å². The molecule has 0 radical (unpaired) electrons. The number of nitrogens with one attached hydrogen (secondary N) is 1. The molecule has 0 aromatic rings. The van der Waals surface area contributed by atoms with Gasteiger partial charge in [-0.15, -0.1) is 0 Å². The van der Waals surface area contributed by atoms with Crippen molar-refractivity contribution in [3.63, 3.8) is 0 Å². The molecule has 0 aromatic heterocycles. The van der Waals surface area contributed by atoms with Crippen LogP contribution >= 0.6 is 0 Å². The molecule has 1 aliphatic carbocycles. The molecule has 1 unspecified atom stereocenters. The Kier molecular flexibility index (Phi) is 4.09. The zero-order chi connectivity index (χ0) is 13.9. The van der Waals surface area contributed by atoms with Gasteiger partial charge in [0.25, 0.3) is 0 Å². The minimum absolute atomic E-state index is 0.218. The van der Waals surface area contributed by atoms with E-state index in [0.29, 0.717) is 5.76 Å². The molecular formula is C13H19NO5. The second-order valence-corrected chi connectivity index (χ2v) is 4.91. The van der Waals surface area contributed by atoms with E-state index in [1.165, 1.54) is 13.2 Å². The van der Waals surface area contributed by atoms with E-state index in [1.807, 2.05) is 0 Å². The third-order valence-corrected chi connectivity index (χ3v) is 3.59. The number of ether oxygens (including phenoxy) is 3. The number of carbonyl (C=O) groups excluding carboxylic acids is 2. The third-order valence-electron chi connectivity index (χ3n) is 3.59. The summed E-state index contributed by atoms with van der Waals surface area (Å²) in [7, 11) is 1.43. The summed E-state index contributed by atoms with van der Waals surface area (Å²) < 4.78 is 14.9. The molecule has 1 atom stereocenters. The van der Waals surface area contributed by atoms with Crippen molar-refractivity contribution in [3.05, 3.63) is 11.8 Å². The topological polar surface area (TPSA) is 73.9 Å². The maximum atomic E-state index is 11.6. The summed E-state index contributed by atoms with van der Waals surface area (Å²) in [5.41, 5.74) is -0.523. The fraction of sp³-hybridized carbons (Fsp3) is 0.692. The highest BCUT2D eigenvalue weighted by molar-refractivity contribution is 5.92. The van der Waals surface area contributed by atoms with Gasteiger partial charge in [-0.3, -0.25) is 4.79 Å². The van der Waals surface area contributed by atoms with Crippen LogP contribution in [0.4, 0.5) is 4.79 Å². The quantitative estimate of drug-likeness (QED) is 0.625. The van der Waals surface area contributed by atoms with E-state index in [1.54, 1.807) is 6.92 Å². The van der Waals surface area contributed by atoms with Gasteiger partial charge in [-0.1, -0.05) is 19.3 Å². The lowest BCUT2D eigenvalue weighted by atomic mass is 9.81. The van der Waals surface area contributed by atoms with Crippen LogP contribution in [-0.4, -0.2) is 31.0 Å². The molecule has 0 bridgehead atoms. The van der Waals surface area contributed by atoms with Gasteiger partial charge in [0.1, 0.15) is 5.76 Å². The fourth-order valence-electron chi connectivity index (χ4n) is 2.54. The first kappa shape index (κ1) is 13.9. The number of hydrogen-bond acceptors (Lipinski definition) is 5. The van der Waals surface area contributed by atoms with Crippen molar-refractivity contribution in [2.24, 2.45) is 0 Å². The standard InChI is InChI=1S/C13H19NO5/c1-9(17-2)18-12(16)19-10-8-11(15)14-13(10)6-4-3-5-7-13/h8-9H,3-7H2,1-2H3,(H,14,15). The van der Waals surface area contributed by atoms with E-state index in [0.717, 1.165) is 32.1 Å². The highest BCUT2D eigenvalue weighted by Gasteiger charge is 2.44. The maximum absolute atomic E-state index is 11.6. The van der Waals surface area contributed by atoms with Gasteiger partial charge in [-0.2, -0.15) is 0 Å². The molecule has 1 spiro atoms. The van der Waals surface area contributed by atoms with E-state index >= 15 is 0 Å². The molecule has 6 nitrogen and oxygen atoms in total. The minimum Gasteiger partial charge on any atom is -0.404 e. The smallest absolute Gasteiger partial charge is 0.404 e. The zero-order valence-corrected chi connectivity index (χ0v) is 11.2. The predicted molar refractivity (Wildman–Crippen MR) is 66.1 cm³/mol. The van der Waals surface area contributed by atoms with E-state index in [9.17, 15) is 9.59 Å². The average molecular weight is 269 g/mol. The van der Waals surface area contributed by atoms with Crippen LogP contribution in [0.3, 0.4) is 0 Å². The van der Waals surface area contributed by atoms with Crippen LogP contribution < -0.4 is 5.32 Å². The highest BCUT2D eigenvalue weighted by atomic mass is 16.8. The van der Waals surface area contributed by atoms with Crippen molar-refractivity contribution < 1.29 is 23.8 Å². The molecule has 1 heterocycles. The zero-order valence-electron chi connectivity index (χ0n) is 11.2.